The predicted molar refractivity (Wildman–Crippen MR) is 62.4 cm³/mol. The summed E-state index contributed by atoms with van der Waals surface area (Å²) in [6.45, 7) is 0. The quantitative estimate of drug-likeness (QED) is 0.640. The fraction of sp³-hybridized carbons (Fsp3) is 0. The van der Waals surface area contributed by atoms with Crippen LogP contribution in [0.1, 0.15) is 16.3 Å². The van der Waals surface area contributed by atoms with E-state index in [2.05, 4.69) is 40.2 Å². The van der Waals surface area contributed by atoms with Gasteiger partial charge in [0.25, 0.3) is 0 Å². The summed E-state index contributed by atoms with van der Waals surface area (Å²) in [5.74, 6) is 0.752. The Bertz CT molecular complexity index is 598. The molecule has 0 spiro atoms. The summed E-state index contributed by atoms with van der Waals surface area (Å²) < 4.78 is 0. The number of hydrogen-bond acceptors (Lipinski definition) is 3. The number of aromatic nitrogens is 2. The Morgan fingerprint density at radius 1 is 1.29 bits per heavy atom. The molecule has 0 unspecified atom stereocenters. The van der Waals surface area contributed by atoms with Crippen LogP contribution in [0.25, 0.3) is 11.1 Å². The Labute approximate surface area is 98.0 Å². The first kappa shape index (κ1) is 10.8. The molecule has 2 aliphatic carbocycles. The van der Waals surface area contributed by atoms with E-state index in [0.29, 0.717) is 0 Å². The molecule has 0 aliphatic heterocycles. The van der Waals surface area contributed by atoms with E-state index in [1.54, 1.807) is 0 Å². The molecule has 1 N–H and O–H groups in total. The van der Waals surface area contributed by atoms with Crippen molar-refractivity contribution in [2.24, 2.45) is 0 Å². The van der Waals surface area contributed by atoms with Crippen molar-refractivity contribution >= 4 is 5.97 Å². The number of carbonyl (C=O) groups is 1. The van der Waals surface area contributed by atoms with Gasteiger partial charge in [-0.2, -0.15) is 0 Å². The minimum absolute atomic E-state index is 0.275. The largest absolute Gasteiger partial charge is 0.475 e. The van der Waals surface area contributed by atoms with Crippen LogP contribution in [-0.4, -0.2) is 21.0 Å². The maximum Gasteiger partial charge on any atom is 0.373 e. The lowest BCUT2D eigenvalue weighted by molar-refractivity contribution is 0.0683. The van der Waals surface area contributed by atoms with Gasteiger partial charge in [0.2, 0.25) is 5.82 Å². The van der Waals surface area contributed by atoms with E-state index in [4.69, 9.17) is 11.5 Å². The van der Waals surface area contributed by atoms with Crippen LogP contribution < -0.4 is 0 Å². The molecule has 0 amide bonds. The molecule has 0 bridgehead atoms. The Balaban J connectivity index is 0.000000148. The van der Waals surface area contributed by atoms with Crippen LogP contribution in [0.2, 0.25) is 0 Å². The van der Waals surface area contributed by atoms with E-state index in [-0.39, 0.29) is 11.5 Å². The monoisotopic (exact) mass is 224 g/mol. The summed E-state index contributed by atoms with van der Waals surface area (Å²) in [5.41, 5.74) is 3.13. The highest BCUT2D eigenvalue weighted by atomic mass is 16.4. The zero-order chi connectivity index (χ0) is 12.3. The highest BCUT2D eigenvalue weighted by Gasteiger charge is 2.07. The van der Waals surface area contributed by atoms with E-state index >= 15 is 0 Å². The minimum Gasteiger partial charge on any atom is -0.475 e. The Hall–Kier alpha value is -2.67. The molecule has 0 saturated heterocycles. The van der Waals surface area contributed by atoms with Crippen LogP contribution >= 0.6 is 0 Å². The number of aromatic carboxylic acids is 1. The second kappa shape index (κ2) is 4.45. The molecule has 4 heteroatoms. The van der Waals surface area contributed by atoms with Crippen molar-refractivity contribution in [3.8, 4) is 23.5 Å². The van der Waals surface area contributed by atoms with Gasteiger partial charge in [0.15, 0.2) is 0 Å². The molecule has 2 aliphatic rings. The van der Waals surface area contributed by atoms with E-state index in [1.807, 2.05) is 0 Å². The van der Waals surface area contributed by atoms with Crippen LogP contribution in [-0.2, 0) is 0 Å². The first-order valence-electron chi connectivity index (χ1n) is 4.84. The zero-order valence-electron chi connectivity index (χ0n) is 8.79. The van der Waals surface area contributed by atoms with Gasteiger partial charge in [-0.3, -0.25) is 0 Å². The van der Waals surface area contributed by atoms with Gasteiger partial charge >= 0.3 is 5.97 Å². The lowest BCUT2D eigenvalue weighted by Gasteiger charge is -1.91. The molecule has 3 rings (SSSR count). The first-order chi connectivity index (χ1) is 8.20. The number of terminal acetylenes is 1. The molecule has 0 atom stereocenters. The summed E-state index contributed by atoms with van der Waals surface area (Å²) in [6, 6.07) is 9.95. The van der Waals surface area contributed by atoms with Crippen LogP contribution in [0, 0.1) is 12.3 Å². The van der Waals surface area contributed by atoms with Crippen LogP contribution in [0.5, 0.6) is 0 Å². The number of carboxylic acid groups (broad SMARTS) is 1. The second-order valence-electron chi connectivity index (χ2n) is 3.30. The summed E-state index contributed by atoms with van der Waals surface area (Å²) in [7, 11) is 0. The first-order valence-corrected chi connectivity index (χ1v) is 4.84. The van der Waals surface area contributed by atoms with Crippen molar-refractivity contribution in [1.29, 1.82) is 0 Å². The third-order valence-corrected chi connectivity index (χ3v) is 2.11. The van der Waals surface area contributed by atoms with Crippen molar-refractivity contribution in [1.82, 2.24) is 9.97 Å². The van der Waals surface area contributed by atoms with Gasteiger partial charge in [0.05, 0.1) is 0 Å². The maximum atomic E-state index is 10.3. The van der Waals surface area contributed by atoms with Gasteiger partial charge in [-0.05, 0) is 23.3 Å². The van der Waals surface area contributed by atoms with Crippen LogP contribution in [0.3, 0.4) is 0 Å². The fourth-order valence-corrected chi connectivity index (χ4v) is 1.22. The van der Waals surface area contributed by atoms with Gasteiger partial charge in [-0.15, -0.1) is 6.42 Å². The Morgan fingerprint density at radius 2 is 2.00 bits per heavy atom. The third kappa shape index (κ3) is 2.67. The molecule has 1 heterocycles. The number of benzene rings is 1. The zero-order valence-corrected chi connectivity index (χ0v) is 8.79. The molecule has 0 fully saturated rings. The van der Waals surface area contributed by atoms with E-state index in [9.17, 15) is 4.79 Å². The number of rotatable bonds is 1. The Morgan fingerprint density at radius 3 is 2.41 bits per heavy atom. The second-order valence-corrected chi connectivity index (χ2v) is 3.30. The van der Waals surface area contributed by atoms with E-state index < -0.39 is 5.97 Å². The molecule has 1 aromatic heterocycles. The molecule has 0 radical (unpaired) electrons. The molecule has 82 valence electrons. The van der Waals surface area contributed by atoms with Crippen molar-refractivity contribution in [2.45, 2.75) is 0 Å². The van der Waals surface area contributed by atoms with Crippen LogP contribution in [0.15, 0.2) is 36.5 Å². The van der Waals surface area contributed by atoms with Crippen molar-refractivity contribution in [3.05, 3.63) is 48.0 Å². The summed E-state index contributed by atoms with van der Waals surface area (Å²) in [6.07, 6.45) is 6.30. The molecular formula is C13H8N2O2. The van der Waals surface area contributed by atoms with Gasteiger partial charge in [0, 0.05) is 6.20 Å². The number of nitrogens with zero attached hydrogens (tertiary/aromatic N) is 2. The van der Waals surface area contributed by atoms with Gasteiger partial charge in [0.1, 0.15) is 5.69 Å². The lowest BCUT2D eigenvalue weighted by Crippen LogP contribution is -2.04. The summed E-state index contributed by atoms with van der Waals surface area (Å²) in [4.78, 5) is 17.3. The lowest BCUT2D eigenvalue weighted by atomic mass is 10.4. The SMILES string of the molecule is C#Cc1ccnc(C(=O)O)n1.c1cc2cc-2c1. The fourth-order valence-electron chi connectivity index (χ4n) is 1.22. The average molecular weight is 224 g/mol. The maximum absolute atomic E-state index is 10.3. The molecule has 0 aromatic carbocycles. The molecule has 0 saturated carbocycles. The van der Waals surface area contributed by atoms with Gasteiger partial charge in [-0.1, -0.05) is 24.1 Å². The standard InChI is InChI=1S/C7H4N2O2.C6H4/c1-2-5-3-4-8-6(9-5)7(10)11;1-2-5-4-6(5)3-1/h1,3-4H,(H,10,11);1-4H. The normalized spacial score (nSPS) is 9.59. The van der Waals surface area contributed by atoms with Crippen molar-refractivity contribution in [3.63, 3.8) is 0 Å². The number of carboxylic acids is 1. The number of hydrogen-bond donors (Lipinski definition) is 1. The van der Waals surface area contributed by atoms with E-state index in [0.717, 1.165) is 0 Å². The predicted octanol–water partition coefficient (Wildman–Crippen LogP) is 1.82. The topological polar surface area (TPSA) is 63.1 Å². The summed E-state index contributed by atoms with van der Waals surface area (Å²) in [5, 5.41) is 8.41. The van der Waals surface area contributed by atoms with Gasteiger partial charge < -0.3 is 5.11 Å². The molecule has 1 aromatic rings. The molecule has 17 heavy (non-hydrogen) atoms. The minimum atomic E-state index is -1.18. The van der Waals surface area contributed by atoms with Gasteiger partial charge in [-0.25, -0.2) is 14.8 Å². The van der Waals surface area contributed by atoms with Crippen LogP contribution in [0.4, 0.5) is 0 Å². The van der Waals surface area contributed by atoms with Crippen molar-refractivity contribution < 1.29 is 9.90 Å². The average Bonchev–Trinajstić information content (AvgIpc) is 2.97. The summed E-state index contributed by atoms with van der Waals surface area (Å²) >= 11 is 0. The molecule has 4 nitrogen and oxygen atoms in total. The number of fused-ring (bicyclic) bond motifs is 1. The highest BCUT2D eigenvalue weighted by Crippen LogP contribution is 2.32. The Kier molecular flexibility index (Phi) is 2.84. The third-order valence-electron chi connectivity index (χ3n) is 2.11. The molecular weight excluding hydrogens is 216 g/mol. The van der Waals surface area contributed by atoms with Crippen molar-refractivity contribution in [2.75, 3.05) is 0 Å². The smallest absolute Gasteiger partial charge is 0.373 e. The highest BCUT2D eigenvalue weighted by molar-refractivity contribution is 5.83. The van der Waals surface area contributed by atoms with E-state index in [1.165, 1.54) is 23.4 Å².